The average Bonchev–Trinajstić information content (AvgIpc) is 3.29. The van der Waals surface area contributed by atoms with Crippen LogP contribution in [-0.4, -0.2) is 47.6 Å². The number of amides is 2. The largest absolute Gasteiger partial charge is 0.352 e. The van der Waals surface area contributed by atoms with Crippen LogP contribution >= 0.6 is 0 Å². The molecular weight excluding hydrogens is 443 g/mol. The molecule has 1 N–H and O–H groups in total. The van der Waals surface area contributed by atoms with Gasteiger partial charge in [0.1, 0.15) is 5.82 Å². The van der Waals surface area contributed by atoms with Crippen LogP contribution in [0.4, 0.5) is 4.39 Å². The van der Waals surface area contributed by atoms with Gasteiger partial charge in [-0.2, -0.15) is 5.10 Å². The van der Waals surface area contributed by atoms with Crippen LogP contribution in [0.1, 0.15) is 70.6 Å². The van der Waals surface area contributed by atoms with Crippen LogP contribution in [0.25, 0.3) is 17.3 Å². The van der Waals surface area contributed by atoms with E-state index in [1.165, 1.54) is 55.6 Å². The summed E-state index contributed by atoms with van der Waals surface area (Å²) in [5, 5.41) is 7.47. The Morgan fingerprint density at radius 3 is 2.26 bits per heavy atom. The zero-order chi connectivity index (χ0) is 26.2. The highest BCUT2D eigenvalue weighted by molar-refractivity contribution is 6.20. The van der Waals surface area contributed by atoms with Gasteiger partial charge in [-0.25, -0.2) is 9.07 Å². The molecule has 35 heavy (non-hydrogen) atoms. The van der Waals surface area contributed by atoms with Crippen molar-refractivity contribution in [2.45, 2.75) is 59.3 Å². The third-order valence-electron chi connectivity index (χ3n) is 5.38. The van der Waals surface area contributed by atoms with E-state index in [1.54, 1.807) is 49.3 Å². The third kappa shape index (κ3) is 9.89. The van der Waals surface area contributed by atoms with E-state index in [-0.39, 0.29) is 11.7 Å². The predicted octanol–water partition coefficient (Wildman–Crippen LogP) is 5.87. The lowest BCUT2D eigenvalue weighted by molar-refractivity contribution is -0.116. The lowest BCUT2D eigenvalue weighted by Crippen LogP contribution is -2.30. The fourth-order valence-electron chi connectivity index (χ4n) is 3.68. The number of aromatic nitrogens is 2. The van der Waals surface area contributed by atoms with E-state index in [0.717, 1.165) is 17.7 Å². The van der Waals surface area contributed by atoms with Crippen molar-refractivity contribution < 1.29 is 14.0 Å². The summed E-state index contributed by atoms with van der Waals surface area (Å²) in [5.74, 6) is 0.175. The minimum absolute atomic E-state index is 0.0928. The van der Waals surface area contributed by atoms with Crippen LogP contribution in [0.2, 0.25) is 0 Å². The van der Waals surface area contributed by atoms with Crippen molar-refractivity contribution >= 4 is 24.0 Å². The Labute approximate surface area is 209 Å². The van der Waals surface area contributed by atoms with Gasteiger partial charge < -0.3 is 10.2 Å². The Balaban J connectivity index is 0.000000669. The molecule has 2 amide bonds. The Morgan fingerprint density at radius 1 is 1.20 bits per heavy atom. The minimum Gasteiger partial charge on any atom is -0.352 e. The number of hydrogen-bond acceptors (Lipinski definition) is 3. The molecule has 1 saturated carbocycles. The number of rotatable bonds is 7. The highest BCUT2D eigenvalue weighted by Crippen LogP contribution is 2.25. The van der Waals surface area contributed by atoms with Gasteiger partial charge in [-0.05, 0) is 56.0 Å². The summed E-state index contributed by atoms with van der Waals surface area (Å²) in [6.07, 6.45) is 13.3. The summed E-state index contributed by atoms with van der Waals surface area (Å²) in [7, 11) is 3.38. The van der Waals surface area contributed by atoms with Crippen LogP contribution in [0.3, 0.4) is 0 Å². The molecule has 1 heterocycles. The Bertz CT molecular complexity index is 942. The molecule has 6 nitrogen and oxygen atoms in total. The fourth-order valence-corrected chi connectivity index (χ4v) is 3.68. The zero-order valence-corrected chi connectivity index (χ0v) is 21.9. The molecule has 7 heteroatoms. The van der Waals surface area contributed by atoms with Crippen LogP contribution in [0, 0.1) is 11.7 Å². The van der Waals surface area contributed by atoms with E-state index in [2.05, 4.69) is 30.8 Å². The topological polar surface area (TPSA) is 67.2 Å². The molecule has 0 spiro atoms. The summed E-state index contributed by atoms with van der Waals surface area (Å²) in [4.78, 5) is 23.7. The summed E-state index contributed by atoms with van der Waals surface area (Å²) >= 11 is 0. The van der Waals surface area contributed by atoms with Gasteiger partial charge in [-0.3, -0.25) is 9.59 Å². The van der Waals surface area contributed by atoms with Crippen LogP contribution in [0.15, 0.2) is 43.1 Å². The smallest absolute Gasteiger partial charge is 0.251 e. The van der Waals surface area contributed by atoms with Crippen molar-refractivity contribution in [2.75, 3.05) is 20.6 Å². The Morgan fingerprint density at radius 2 is 1.77 bits per heavy atom. The molecular formula is C28H41FN4O2. The fraction of sp³-hybridized carbons (Fsp3) is 0.464. The van der Waals surface area contributed by atoms with Crippen LogP contribution in [0.5, 0.6) is 0 Å². The first-order valence-corrected chi connectivity index (χ1v) is 12.4. The van der Waals surface area contributed by atoms with Gasteiger partial charge in [0.05, 0.1) is 17.6 Å². The maximum atomic E-state index is 13.2. The van der Waals surface area contributed by atoms with Crippen LogP contribution in [-0.2, 0) is 9.59 Å². The van der Waals surface area contributed by atoms with Crippen molar-refractivity contribution in [1.29, 1.82) is 0 Å². The van der Waals surface area contributed by atoms with E-state index in [0.29, 0.717) is 23.7 Å². The van der Waals surface area contributed by atoms with Gasteiger partial charge in [0, 0.05) is 31.8 Å². The van der Waals surface area contributed by atoms with Gasteiger partial charge in [0.2, 0.25) is 6.41 Å². The summed E-state index contributed by atoms with van der Waals surface area (Å²) in [6.45, 7) is 10.7. The van der Waals surface area contributed by atoms with Crippen molar-refractivity contribution in [1.82, 2.24) is 20.0 Å². The lowest BCUT2D eigenvalue weighted by atomic mass is 9.89. The zero-order valence-electron chi connectivity index (χ0n) is 21.9. The number of halogens is 1. The van der Waals surface area contributed by atoms with Gasteiger partial charge in [0.25, 0.3) is 5.91 Å². The number of hydrogen-bond donors (Lipinski definition) is 1. The SMILES string of the molecule is C=Cc1c(/C(=C\C)C(=O)NCC2CCCCC2)cnn1-c1ccc(F)cc1.CCC.CN(C)C=O. The van der Waals surface area contributed by atoms with E-state index >= 15 is 0 Å². The highest BCUT2D eigenvalue weighted by Gasteiger charge is 2.20. The summed E-state index contributed by atoms with van der Waals surface area (Å²) in [5.41, 5.74) is 2.73. The molecule has 0 bridgehead atoms. The van der Waals surface area contributed by atoms with E-state index in [1.807, 2.05) is 6.92 Å². The van der Waals surface area contributed by atoms with Gasteiger partial charge in [-0.1, -0.05) is 52.2 Å². The minimum atomic E-state index is -0.303. The van der Waals surface area contributed by atoms with E-state index in [9.17, 15) is 14.0 Å². The van der Waals surface area contributed by atoms with E-state index < -0.39 is 0 Å². The number of nitrogens with zero attached hydrogens (tertiary/aromatic N) is 3. The maximum Gasteiger partial charge on any atom is 0.251 e. The van der Waals surface area contributed by atoms with Gasteiger partial charge in [0.15, 0.2) is 0 Å². The quantitative estimate of drug-likeness (QED) is 0.394. The second-order valence-electron chi connectivity index (χ2n) is 8.73. The molecule has 1 aromatic carbocycles. The Hall–Kier alpha value is -3.22. The number of allylic oxidation sites excluding steroid dienone is 1. The summed E-state index contributed by atoms with van der Waals surface area (Å²) in [6, 6.07) is 6.07. The molecule has 1 aliphatic carbocycles. The molecule has 0 unspecified atom stereocenters. The molecule has 2 aromatic rings. The van der Waals surface area contributed by atoms with Crippen molar-refractivity contribution in [2.24, 2.45) is 5.92 Å². The van der Waals surface area contributed by atoms with Crippen molar-refractivity contribution in [3.05, 3.63) is 60.2 Å². The average molecular weight is 485 g/mol. The van der Waals surface area contributed by atoms with Crippen molar-refractivity contribution in [3.8, 4) is 5.69 Å². The number of carbonyl (C=O) groups excluding carboxylic acids is 2. The third-order valence-corrected chi connectivity index (χ3v) is 5.38. The molecule has 3 rings (SSSR count). The molecule has 192 valence electrons. The first kappa shape index (κ1) is 29.8. The van der Waals surface area contributed by atoms with E-state index in [4.69, 9.17) is 0 Å². The van der Waals surface area contributed by atoms with Gasteiger partial charge >= 0.3 is 0 Å². The first-order chi connectivity index (χ1) is 16.8. The second-order valence-corrected chi connectivity index (χ2v) is 8.73. The Kier molecular flexibility index (Phi) is 14.0. The lowest BCUT2D eigenvalue weighted by Gasteiger charge is -2.22. The molecule has 1 aliphatic rings. The normalized spacial score (nSPS) is 13.5. The molecule has 1 fully saturated rings. The van der Waals surface area contributed by atoms with Crippen LogP contribution < -0.4 is 5.32 Å². The second kappa shape index (κ2) is 16.4. The van der Waals surface area contributed by atoms with Crippen molar-refractivity contribution in [3.63, 3.8) is 0 Å². The maximum absolute atomic E-state index is 13.2. The number of carbonyl (C=O) groups is 2. The molecule has 0 saturated heterocycles. The predicted molar refractivity (Wildman–Crippen MR) is 143 cm³/mol. The summed E-state index contributed by atoms with van der Waals surface area (Å²) < 4.78 is 14.9. The number of nitrogens with one attached hydrogen (secondary N) is 1. The molecule has 0 radical (unpaired) electrons. The standard InChI is InChI=1S/C22H26FN3O.C3H7NO.C3H8/c1-3-19(22(27)24-14-16-8-6-5-7-9-16)20-15-25-26(21(20)4-2)18-12-10-17(23)11-13-18;1-4(2)3-5;1-3-2/h3-4,10-13,15-16H,2,5-9,14H2,1H3,(H,24,27);3H,1-2H3;3H2,1-2H3/b19-3+;;. The highest BCUT2D eigenvalue weighted by atomic mass is 19.1. The number of benzene rings is 1. The monoisotopic (exact) mass is 484 g/mol. The first-order valence-electron chi connectivity index (χ1n) is 12.4. The molecule has 1 aromatic heterocycles. The molecule has 0 atom stereocenters. The molecule has 0 aliphatic heterocycles. The van der Waals surface area contributed by atoms with Gasteiger partial charge in [-0.15, -0.1) is 0 Å².